The molecular formula is C20H32O. The highest BCUT2D eigenvalue weighted by Gasteiger charge is 2.24. The van der Waals surface area contributed by atoms with Gasteiger partial charge in [-0.2, -0.15) is 0 Å². The van der Waals surface area contributed by atoms with E-state index in [1.54, 1.807) is 0 Å². The van der Waals surface area contributed by atoms with E-state index in [-0.39, 0.29) is 5.92 Å². The number of ketones is 1. The first-order chi connectivity index (χ1) is 9.76. The summed E-state index contributed by atoms with van der Waals surface area (Å²) in [5, 5.41) is 0. The van der Waals surface area contributed by atoms with Crippen molar-refractivity contribution in [1.82, 2.24) is 0 Å². The smallest absolute Gasteiger partial charge is 0.140 e. The number of carbonyl (C=O) groups excluding carboxylic acids is 1. The summed E-state index contributed by atoms with van der Waals surface area (Å²) in [6.45, 7) is 17.5. The zero-order chi connectivity index (χ0) is 16.3. The summed E-state index contributed by atoms with van der Waals surface area (Å²) >= 11 is 0. The number of hydrogen-bond donors (Lipinski definition) is 0. The average molecular weight is 288 g/mol. The fraction of sp³-hybridized carbons (Fsp3) is 0.650. The van der Waals surface area contributed by atoms with Crippen molar-refractivity contribution >= 4 is 5.78 Å². The Morgan fingerprint density at radius 1 is 0.905 bits per heavy atom. The molecule has 0 saturated carbocycles. The second-order valence-corrected chi connectivity index (χ2v) is 6.77. The van der Waals surface area contributed by atoms with E-state index in [0.717, 1.165) is 12.8 Å². The number of rotatable bonds is 6. The maximum absolute atomic E-state index is 12.3. The van der Waals surface area contributed by atoms with Gasteiger partial charge in [0.05, 0.1) is 0 Å². The van der Waals surface area contributed by atoms with E-state index in [0.29, 0.717) is 18.1 Å². The van der Waals surface area contributed by atoms with Gasteiger partial charge in [0, 0.05) is 12.3 Å². The monoisotopic (exact) mass is 288 g/mol. The minimum atomic E-state index is 0.0699. The number of benzene rings is 1. The molecular weight excluding hydrogens is 256 g/mol. The van der Waals surface area contributed by atoms with Crippen LogP contribution < -0.4 is 0 Å². The second-order valence-electron chi connectivity index (χ2n) is 6.77. The summed E-state index contributed by atoms with van der Waals surface area (Å²) in [5.41, 5.74) is 8.24. The number of Topliss-reactive ketones (excluding diaryl/α,β-unsaturated/α-hetero) is 1. The predicted octanol–water partition coefficient (Wildman–Crippen LogP) is 5.59. The minimum Gasteiger partial charge on any atom is -0.299 e. The van der Waals surface area contributed by atoms with Gasteiger partial charge in [0.1, 0.15) is 5.78 Å². The van der Waals surface area contributed by atoms with Crippen LogP contribution in [0.4, 0.5) is 0 Å². The van der Waals surface area contributed by atoms with Crippen LogP contribution in [-0.4, -0.2) is 5.78 Å². The summed E-state index contributed by atoms with van der Waals surface area (Å²) in [5.74, 6) is 1.10. The molecule has 0 radical (unpaired) electrons. The van der Waals surface area contributed by atoms with Crippen LogP contribution in [0.15, 0.2) is 0 Å². The molecule has 1 heteroatoms. The topological polar surface area (TPSA) is 17.1 Å². The van der Waals surface area contributed by atoms with Crippen molar-refractivity contribution in [3.63, 3.8) is 0 Å². The van der Waals surface area contributed by atoms with Crippen LogP contribution in [0.3, 0.4) is 0 Å². The van der Waals surface area contributed by atoms with Crippen LogP contribution in [0.2, 0.25) is 0 Å². The first-order valence-electron chi connectivity index (χ1n) is 8.37. The maximum Gasteiger partial charge on any atom is 0.140 e. The van der Waals surface area contributed by atoms with Crippen molar-refractivity contribution in [2.24, 2.45) is 5.92 Å². The van der Waals surface area contributed by atoms with Crippen molar-refractivity contribution in [2.45, 2.75) is 80.6 Å². The summed E-state index contributed by atoms with van der Waals surface area (Å²) in [7, 11) is 0. The Hall–Kier alpha value is -1.11. The standard InChI is InChI=1S/C20H32O/c1-9-17(19(21)10-2)20-15(7)13(5)18(11-12(3)4)14(6)16(20)8/h12,17H,9-11H2,1-8H3. The van der Waals surface area contributed by atoms with Crippen LogP contribution in [0, 0.1) is 33.6 Å². The predicted molar refractivity (Wildman–Crippen MR) is 92.3 cm³/mol. The van der Waals surface area contributed by atoms with Gasteiger partial charge in [-0.05, 0) is 79.8 Å². The largest absolute Gasteiger partial charge is 0.299 e. The summed E-state index contributed by atoms with van der Waals surface area (Å²) in [4.78, 5) is 12.3. The zero-order valence-electron chi connectivity index (χ0n) is 15.2. The number of hydrogen-bond acceptors (Lipinski definition) is 1. The van der Waals surface area contributed by atoms with Crippen molar-refractivity contribution in [3.05, 3.63) is 33.4 Å². The number of carbonyl (C=O) groups is 1. The molecule has 1 atom stereocenters. The Morgan fingerprint density at radius 2 is 1.38 bits per heavy atom. The summed E-state index contributed by atoms with van der Waals surface area (Å²) < 4.78 is 0. The van der Waals surface area contributed by atoms with Gasteiger partial charge < -0.3 is 0 Å². The summed E-state index contributed by atoms with van der Waals surface area (Å²) in [6.07, 6.45) is 2.65. The van der Waals surface area contributed by atoms with E-state index in [2.05, 4.69) is 48.5 Å². The van der Waals surface area contributed by atoms with E-state index in [4.69, 9.17) is 0 Å². The first kappa shape index (κ1) is 17.9. The Bertz CT molecular complexity index is 494. The van der Waals surface area contributed by atoms with Crippen molar-refractivity contribution in [1.29, 1.82) is 0 Å². The Balaban J connectivity index is 3.52. The van der Waals surface area contributed by atoms with E-state index in [1.165, 1.54) is 33.4 Å². The molecule has 1 unspecified atom stereocenters. The average Bonchev–Trinajstić information content (AvgIpc) is 2.45. The molecule has 1 rings (SSSR count). The Morgan fingerprint density at radius 3 is 1.71 bits per heavy atom. The molecule has 1 nitrogen and oxygen atoms in total. The Kier molecular flexibility index (Phi) is 6.19. The molecule has 0 heterocycles. The molecule has 0 aromatic heterocycles. The SMILES string of the molecule is CCC(=O)C(CC)c1c(C)c(C)c(CC(C)C)c(C)c1C. The molecule has 0 amide bonds. The van der Waals surface area contributed by atoms with Gasteiger partial charge in [-0.25, -0.2) is 0 Å². The highest BCUT2D eigenvalue weighted by atomic mass is 16.1. The third-order valence-corrected chi connectivity index (χ3v) is 4.94. The fourth-order valence-corrected chi connectivity index (χ4v) is 3.50. The molecule has 21 heavy (non-hydrogen) atoms. The minimum absolute atomic E-state index is 0.0699. The molecule has 1 aromatic rings. The lowest BCUT2D eigenvalue weighted by Gasteiger charge is -2.25. The van der Waals surface area contributed by atoms with E-state index in [1.807, 2.05) is 6.92 Å². The second kappa shape index (κ2) is 7.24. The lowest BCUT2D eigenvalue weighted by Crippen LogP contribution is -2.16. The molecule has 118 valence electrons. The fourth-order valence-electron chi connectivity index (χ4n) is 3.50. The van der Waals surface area contributed by atoms with Gasteiger partial charge in [0.25, 0.3) is 0 Å². The van der Waals surface area contributed by atoms with Gasteiger partial charge in [-0.15, -0.1) is 0 Å². The summed E-state index contributed by atoms with van der Waals surface area (Å²) in [6, 6.07) is 0. The molecule has 0 saturated heterocycles. The normalized spacial score (nSPS) is 12.8. The van der Waals surface area contributed by atoms with Gasteiger partial charge >= 0.3 is 0 Å². The van der Waals surface area contributed by atoms with Crippen LogP contribution in [0.1, 0.15) is 79.8 Å². The van der Waals surface area contributed by atoms with Gasteiger partial charge in [-0.1, -0.05) is 27.7 Å². The molecule has 0 bridgehead atoms. The molecule has 0 N–H and O–H groups in total. The lowest BCUT2D eigenvalue weighted by molar-refractivity contribution is -0.120. The van der Waals surface area contributed by atoms with E-state index >= 15 is 0 Å². The van der Waals surface area contributed by atoms with Crippen molar-refractivity contribution < 1.29 is 4.79 Å². The van der Waals surface area contributed by atoms with Crippen molar-refractivity contribution in [3.8, 4) is 0 Å². The molecule has 0 spiro atoms. The molecule has 1 aromatic carbocycles. The third kappa shape index (κ3) is 3.56. The van der Waals surface area contributed by atoms with Gasteiger partial charge in [0.2, 0.25) is 0 Å². The van der Waals surface area contributed by atoms with Crippen LogP contribution in [-0.2, 0) is 11.2 Å². The Labute approximate surface area is 131 Å². The molecule has 0 aliphatic heterocycles. The van der Waals surface area contributed by atoms with E-state index < -0.39 is 0 Å². The highest BCUT2D eigenvalue weighted by Crippen LogP contribution is 2.35. The molecule has 0 aliphatic rings. The van der Waals surface area contributed by atoms with Crippen LogP contribution in [0.5, 0.6) is 0 Å². The zero-order valence-corrected chi connectivity index (χ0v) is 15.2. The van der Waals surface area contributed by atoms with Gasteiger partial charge in [0.15, 0.2) is 0 Å². The van der Waals surface area contributed by atoms with Crippen LogP contribution in [0.25, 0.3) is 0 Å². The van der Waals surface area contributed by atoms with Gasteiger partial charge in [-0.3, -0.25) is 4.79 Å². The maximum atomic E-state index is 12.3. The van der Waals surface area contributed by atoms with Crippen LogP contribution >= 0.6 is 0 Å². The molecule has 0 aliphatic carbocycles. The molecule has 0 fully saturated rings. The van der Waals surface area contributed by atoms with E-state index in [9.17, 15) is 4.79 Å². The van der Waals surface area contributed by atoms with Crippen molar-refractivity contribution in [2.75, 3.05) is 0 Å². The first-order valence-corrected chi connectivity index (χ1v) is 8.37. The lowest BCUT2D eigenvalue weighted by atomic mass is 9.78. The highest BCUT2D eigenvalue weighted by molar-refractivity contribution is 5.86. The quantitative estimate of drug-likeness (QED) is 0.666. The third-order valence-electron chi connectivity index (χ3n) is 4.94.